The molecule has 0 unspecified atom stereocenters. The third-order valence-corrected chi connectivity index (χ3v) is 9.29. The first-order chi connectivity index (χ1) is 15.9. The summed E-state index contributed by atoms with van der Waals surface area (Å²) in [5.41, 5.74) is 1.86. The number of ketones is 1. The summed E-state index contributed by atoms with van der Waals surface area (Å²) in [5.74, 6) is 3.17. The average molecular weight is 459 g/mol. The van der Waals surface area contributed by atoms with Crippen LogP contribution in [0.2, 0.25) is 0 Å². The van der Waals surface area contributed by atoms with Crippen molar-refractivity contribution in [1.82, 2.24) is 0 Å². The number of hydrogen-bond donors (Lipinski definition) is 0. The smallest absolute Gasteiger partial charge is 0.344 e. The molecule has 184 valence electrons. The Kier molecular flexibility index (Phi) is 7.96. The Morgan fingerprint density at radius 3 is 2.73 bits per heavy atom. The van der Waals surface area contributed by atoms with E-state index in [9.17, 15) is 14.4 Å². The first kappa shape index (κ1) is 24.5. The molecule has 0 bridgehead atoms. The van der Waals surface area contributed by atoms with Crippen molar-refractivity contribution in [3.8, 4) is 0 Å². The van der Waals surface area contributed by atoms with E-state index in [0.29, 0.717) is 36.1 Å². The summed E-state index contributed by atoms with van der Waals surface area (Å²) in [7, 11) is 0. The molecular formula is C28H42O5. The van der Waals surface area contributed by atoms with Gasteiger partial charge in [0.2, 0.25) is 0 Å². The largest absolute Gasteiger partial charge is 0.463 e. The minimum atomic E-state index is -0.432. The maximum absolute atomic E-state index is 12.0. The van der Waals surface area contributed by atoms with Gasteiger partial charge in [0.05, 0.1) is 6.61 Å². The second-order valence-corrected chi connectivity index (χ2v) is 11.4. The molecule has 0 amide bonds. The van der Waals surface area contributed by atoms with Gasteiger partial charge < -0.3 is 9.47 Å². The summed E-state index contributed by atoms with van der Waals surface area (Å²) >= 11 is 0. The Hall–Kier alpha value is -1.65. The van der Waals surface area contributed by atoms with Gasteiger partial charge in [-0.05, 0) is 98.9 Å². The molecule has 6 atom stereocenters. The maximum atomic E-state index is 12.0. The summed E-state index contributed by atoms with van der Waals surface area (Å²) in [6, 6.07) is 0. The highest BCUT2D eigenvalue weighted by atomic mass is 16.6. The van der Waals surface area contributed by atoms with Crippen LogP contribution in [0.1, 0.15) is 97.3 Å². The fourth-order valence-corrected chi connectivity index (χ4v) is 7.72. The Bertz CT molecular complexity index is 770. The molecular weight excluding hydrogens is 416 g/mol. The van der Waals surface area contributed by atoms with Gasteiger partial charge in [0.15, 0.2) is 12.4 Å². The number of allylic oxidation sites excluding steroid dienone is 1. The molecule has 0 aromatic heterocycles. The lowest BCUT2D eigenvalue weighted by atomic mass is 9.52. The highest BCUT2D eigenvalue weighted by Gasteiger charge is 2.54. The van der Waals surface area contributed by atoms with E-state index in [1.54, 1.807) is 0 Å². The van der Waals surface area contributed by atoms with Crippen molar-refractivity contribution in [2.24, 2.45) is 35.0 Å². The number of rotatable bonds is 9. The molecule has 3 fully saturated rings. The minimum absolute atomic E-state index is 0.264. The van der Waals surface area contributed by atoms with E-state index in [4.69, 9.17) is 9.47 Å². The van der Waals surface area contributed by atoms with Gasteiger partial charge in [0.25, 0.3) is 0 Å². The third kappa shape index (κ3) is 5.71. The van der Waals surface area contributed by atoms with Crippen molar-refractivity contribution in [2.75, 3.05) is 13.2 Å². The van der Waals surface area contributed by atoms with Gasteiger partial charge in [-0.25, -0.2) is 4.79 Å². The molecule has 0 saturated heterocycles. The van der Waals surface area contributed by atoms with Gasteiger partial charge in [0.1, 0.15) is 0 Å². The lowest BCUT2D eigenvalue weighted by molar-refractivity contribution is -0.159. The number of fused-ring (bicyclic) bond motifs is 5. The lowest BCUT2D eigenvalue weighted by Crippen LogP contribution is -2.44. The molecule has 4 rings (SSSR count). The number of ether oxygens (including phenoxy) is 2. The van der Waals surface area contributed by atoms with E-state index < -0.39 is 5.97 Å². The Labute approximate surface area is 199 Å². The fraction of sp³-hybridized carbons (Fsp3) is 0.821. The Morgan fingerprint density at radius 2 is 1.91 bits per heavy atom. The first-order valence-electron chi connectivity index (χ1n) is 13.4. The summed E-state index contributed by atoms with van der Waals surface area (Å²) < 4.78 is 10.4. The standard InChI is InChI=1S/C28H42O5/c1-3-4-5-6-26(30)33-18-27(31)32-14-12-19-15-25-24-9-7-20-16-21(29)8-10-22(20)23(24)11-13-28(25,2)17-19/h16,19,22-25H,3-15,17-18H2,1-2H3/t19-,22-,23+,24+,25-,28+/m0/s1. The molecule has 0 heterocycles. The fourth-order valence-electron chi connectivity index (χ4n) is 7.72. The topological polar surface area (TPSA) is 69.7 Å². The van der Waals surface area contributed by atoms with Crippen LogP contribution in [-0.4, -0.2) is 30.9 Å². The predicted molar refractivity (Wildman–Crippen MR) is 126 cm³/mol. The molecule has 0 aliphatic heterocycles. The number of esters is 2. The van der Waals surface area contributed by atoms with Gasteiger partial charge >= 0.3 is 11.9 Å². The highest BCUT2D eigenvalue weighted by molar-refractivity contribution is 5.91. The lowest BCUT2D eigenvalue weighted by Gasteiger charge is -2.52. The molecule has 0 radical (unpaired) electrons. The molecule has 4 aliphatic rings. The highest BCUT2D eigenvalue weighted by Crippen LogP contribution is 2.63. The molecule has 0 aromatic carbocycles. The summed E-state index contributed by atoms with van der Waals surface area (Å²) in [6.45, 7) is 4.74. The SMILES string of the molecule is CCCCCC(=O)OCC(=O)OCC[C@H]1C[C@H]2[C@@H]3CCC4=CC(=O)CC[C@@H]4[C@H]3CC[C@]2(C)C1. The molecule has 5 heteroatoms. The van der Waals surface area contributed by atoms with Crippen LogP contribution in [0, 0.1) is 35.0 Å². The summed E-state index contributed by atoms with van der Waals surface area (Å²) in [6.07, 6.45) is 15.4. The van der Waals surface area contributed by atoms with E-state index in [-0.39, 0.29) is 12.6 Å². The van der Waals surface area contributed by atoms with Crippen LogP contribution in [-0.2, 0) is 23.9 Å². The number of carbonyl (C=O) groups is 3. The van der Waals surface area contributed by atoms with Crippen molar-refractivity contribution in [1.29, 1.82) is 0 Å². The second-order valence-electron chi connectivity index (χ2n) is 11.4. The minimum Gasteiger partial charge on any atom is -0.463 e. The Balaban J connectivity index is 1.22. The van der Waals surface area contributed by atoms with Crippen LogP contribution in [0.15, 0.2) is 11.6 Å². The van der Waals surface area contributed by atoms with Gasteiger partial charge in [-0.2, -0.15) is 0 Å². The molecule has 0 N–H and O–H groups in total. The molecule has 5 nitrogen and oxygen atoms in total. The van der Waals surface area contributed by atoms with E-state index in [2.05, 4.69) is 13.8 Å². The predicted octanol–water partition coefficient (Wildman–Crippen LogP) is 5.80. The van der Waals surface area contributed by atoms with Crippen LogP contribution in [0.25, 0.3) is 0 Å². The number of hydrogen-bond acceptors (Lipinski definition) is 5. The molecule has 33 heavy (non-hydrogen) atoms. The summed E-state index contributed by atoms with van der Waals surface area (Å²) in [5, 5.41) is 0. The van der Waals surface area contributed by atoms with Gasteiger partial charge in [-0.1, -0.05) is 32.3 Å². The van der Waals surface area contributed by atoms with Crippen molar-refractivity contribution in [2.45, 2.75) is 97.3 Å². The van der Waals surface area contributed by atoms with Crippen LogP contribution < -0.4 is 0 Å². The van der Waals surface area contributed by atoms with E-state index in [1.165, 1.54) is 37.7 Å². The maximum Gasteiger partial charge on any atom is 0.344 e. The van der Waals surface area contributed by atoms with Crippen LogP contribution >= 0.6 is 0 Å². The zero-order valence-electron chi connectivity index (χ0n) is 20.6. The molecule has 0 aromatic rings. The van der Waals surface area contributed by atoms with Crippen molar-refractivity contribution in [3.05, 3.63) is 11.6 Å². The van der Waals surface area contributed by atoms with Crippen LogP contribution in [0.5, 0.6) is 0 Å². The number of carbonyl (C=O) groups excluding carboxylic acids is 3. The van der Waals surface area contributed by atoms with E-state index in [1.807, 2.05) is 6.08 Å². The van der Waals surface area contributed by atoms with E-state index in [0.717, 1.165) is 62.7 Å². The summed E-state index contributed by atoms with van der Waals surface area (Å²) in [4.78, 5) is 35.5. The second kappa shape index (κ2) is 10.7. The van der Waals surface area contributed by atoms with Crippen molar-refractivity contribution < 1.29 is 23.9 Å². The quantitative estimate of drug-likeness (QED) is 0.322. The van der Waals surface area contributed by atoms with Gasteiger partial charge in [-0.15, -0.1) is 0 Å². The van der Waals surface area contributed by atoms with Gasteiger partial charge in [0, 0.05) is 12.8 Å². The zero-order chi connectivity index (χ0) is 23.4. The van der Waals surface area contributed by atoms with Crippen molar-refractivity contribution in [3.63, 3.8) is 0 Å². The van der Waals surface area contributed by atoms with Crippen LogP contribution in [0.3, 0.4) is 0 Å². The molecule has 3 saturated carbocycles. The normalized spacial score (nSPS) is 35.2. The van der Waals surface area contributed by atoms with Crippen molar-refractivity contribution >= 4 is 17.7 Å². The Morgan fingerprint density at radius 1 is 1.06 bits per heavy atom. The van der Waals surface area contributed by atoms with Gasteiger partial charge in [-0.3, -0.25) is 9.59 Å². The van der Waals surface area contributed by atoms with E-state index >= 15 is 0 Å². The molecule has 0 spiro atoms. The number of unbranched alkanes of at least 4 members (excludes halogenated alkanes) is 2. The average Bonchev–Trinajstić information content (AvgIpc) is 3.14. The van der Waals surface area contributed by atoms with Crippen LogP contribution in [0.4, 0.5) is 0 Å². The molecule has 4 aliphatic carbocycles. The third-order valence-electron chi connectivity index (χ3n) is 9.29. The monoisotopic (exact) mass is 458 g/mol. The first-order valence-corrected chi connectivity index (χ1v) is 13.4. The zero-order valence-corrected chi connectivity index (χ0v) is 20.6.